The van der Waals surface area contributed by atoms with Crippen molar-refractivity contribution in [1.29, 1.82) is 0 Å². The molecule has 0 aliphatic carbocycles. The molecule has 2 aromatic heterocycles. The highest BCUT2D eigenvalue weighted by molar-refractivity contribution is 5.94. The average molecular weight is 400 g/mol. The van der Waals surface area contributed by atoms with Crippen molar-refractivity contribution in [2.45, 2.75) is 18.9 Å². The Labute approximate surface area is 175 Å². The van der Waals surface area contributed by atoms with E-state index in [1.54, 1.807) is 6.26 Å². The molecule has 1 fully saturated rings. The molecule has 152 valence electrons. The number of imidazole rings is 1. The normalized spacial score (nSPS) is 15.5. The zero-order chi connectivity index (χ0) is 20.3. The van der Waals surface area contributed by atoms with Gasteiger partial charge in [-0.1, -0.05) is 12.1 Å². The van der Waals surface area contributed by atoms with Gasteiger partial charge in [0.25, 0.3) is 5.91 Å². The quantitative estimate of drug-likeness (QED) is 0.527. The number of nitrogens with one attached hydrogen (secondary N) is 1. The summed E-state index contributed by atoms with van der Waals surface area (Å²) in [6.45, 7) is 2.60. The Kier molecular flexibility index (Phi) is 5.07. The summed E-state index contributed by atoms with van der Waals surface area (Å²) in [4.78, 5) is 19.6. The maximum Gasteiger partial charge on any atom is 0.251 e. The smallest absolute Gasteiger partial charge is 0.251 e. The van der Waals surface area contributed by atoms with Crippen LogP contribution in [0.2, 0.25) is 0 Å². The highest BCUT2D eigenvalue weighted by Gasteiger charge is 2.26. The second kappa shape index (κ2) is 8.16. The van der Waals surface area contributed by atoms with E-state index in [2.05, 4.69) is 15.2 Å². The summed E-state index contributed by atoms with van der Waals surface area (Å²) in [6, 6.07) is 19.6. The maximum absolute atomic E-state index is 12.8. The van der Waals surface area contributed by atoms with Gasteiger partial charge < -0.3 is 9.73 Å². The average Bonchev–Trinajstić information content (AvgIpc) is 3.56. The minimum atomic E-state index is -0.0761. The van der Waals surface area contributed by atoms with Gasteiger partial charge in [-0.3, -0.25) is 14.3 Å². The van der Waals surface area contributed by atoms with Gasteiger partial charge in [-0.25, -0.2) is 4.98 Å². The second-order valence-electron chi connectivity index (χ2n) is 7.63. The summed E-state index contributed by atoms with van der Waals surface area (Å²) in [5, 5.41) is 3.09. The molecule has 0 saturated carbocycles. The molecular formula is C24H24N4O2. The molecular weight excluding hydrogens is 376 g/mol. The summed E-state index contributed by atoms with van der Waals surface area (Å²) in [6.07, 6.45) is 5.88. The molecule has 4 aromatic rings. The number of fused-ring (bicyclic) bond motifs is 1. The Balaban J connectivity index is 1.29. The molecule has 0 unspecified atom stereocenters. The Morgan fingerprint density at radius 3 is 2.60 bits per heavy atom. The third-order valence-electron chi connectivity index (χ3n) is 5.77. The summed E-state index contributed by atoms with van der Waals surface area (Å²) >= 11 is 0. The minimum absolute atomic E-state index is 0.0723. The van der Waals surface area contributed by atoms with E-state index in [1.807, 2.05) is 71.6 Å². The number of carbonyl (C=O) groups is 1. The van der Waals surface area contributed by atoms with Crippen LogP contribution in [0.5, 0.6) is 0 Å². The van der Waals surface area contributed by atoms with Gasteiger partial charge >= 0.3 is 0 Å². The molecule has 5 rings (SSSR count). The van der Waals surface area contributed by atoms with E-state index in [9.17, 15) is 4.79 Å². The van der Waals surface area contributed by atoms with Crippen LogP contribution in [0.15, 0.2) is 77.7 Å². The van der Waals surface area contributed by atoms with Crippen molar-refractivity contribution in [2.75, 3.05) is 19.6 Å². The standard InChI is InChI=1S/C24H24N4O2/c29-24(25-16-22(23-8-5-15-30-23)27-13-3-4-14-27)18-9-11-19(12-10-18)28-17-26-20-6-1-2-7-21(20)28/h1-2,5-12,15,17,22H,3-4,13-14,16H2,(H,25,29)/t22-/m1/s1. The topological polar surface area (TPSA) is 63.3 Å². The summed E-state index contributed by atoms with van der Waals surface area (Å²) in [7, 11) is 0. The zero-order valence-corrected chi connectivity index (χ0v) is 16.7. The Hall–Kier alpha value is -3.38. The molecule has 1 amide bonds. The number of nitrogens with zero attached hydrogens (tertiary/aromatic N) is 3. The first kappa shape index (κ1) is 18.6. The predicted molar refractivity (Wildman–Crippen MR) is 116 cm³/mol. The largest absolute Gasteiger partial charge is 0.468 e. The first-order chi connectivity index (χ1) is 14.8. The SMILES string of the molecule is O=C(NC[C@H](c1ccco1)N1CCCC1)c1ccc(-n2cnc3ccccc32)cc1. The Morgan fingerprint density at radius 2 is 1.83 bits per heavy atom. The van der Waals surface area contributed by atoms with Crippen LogP contribution in [-0.4, -0.2) is 40.0 Å². The molecule has 0 radical (unpaired) electrons. The van der Waals surface area contributed by atoms with Gasteiger partial charge in [0.2, 0.25) is 0 Å². The Bertz CT molecular complexity index is 1130. The minimum Gasteiger partial charge on any atom is -0.468 e. The lowest BCUT2D eigenvalue weighted by Gasteiger charge is -2.26. The zero-order valence-electron chi connectivity index (χ0n) is 16.7. The van der Waals surface area contributed by atoms with Gasteiger partial charge in [0, 0.05) is 17.8 Å². The molecule has 1 atom stereocenters. The molecule has 30 heavy (non-hydrogen) atoms. The highest BCUT2D eigenvalue weighted by Crippen LogP contribution is 2.25. The number of rotatable bonds is 6. The van der Waals surface area contributed by atoms with Crippen LogP contribution >= 0.6 is 0 Å². The lowest BCUT2D eigenvalue weighted by atomic mass is 10.1. The summed E-state index contributed by atoms with van der Waals surface area (Å²) in [5.41, 5.74) is 3.61. The monoisotopic (exact) mass is 400 g/mol. The van der Waals surface area contributed by atoms with Gasteiger partial charge in [0.05, 0.1) is 23.3 Å². The molecule has 0 spiro atoms. The Morgan fingerprint density at radius 1 is 1.03 bits per heavy atom. The van der Waals surface area contributed by atoms with Crippen molar-refractivity contribution >= 4 is 16.9 Å². The number of carbonyl (C=O) groups excluding carboxylic acids is 1. The number of hydrogen-bond acceptors (Lipinski definition) is 4. The van der Waals surface area contributed by atoms with E-state index >= 15 is 0 Å². The predicted octanol–water partition coefficient (Wildman–Crippen LogP) is 4.19. The maximum atomic E-state index is 12.8. The number of likely N-dealkylation sites (tertiary alicyclic amines) is 1. The molecule has 1 saturated heterocycles. The fourth-order valence-electron chi connectivity index (χ4n) is 4.17. The van der Waals surface area contributed by atoms with Crippen molar-refractivity contribution in [3.8, 4) is 5.69 Å². The number of hydrogen-bond donors (Lipinski definition) is 1. The van der Waals surface area contributed by atoms with Crippen LogP contribution in [0, 0.1) is 0 Å². The van der Waals surface area contributed by atoms with Gasteiger partial charge in [0.1, 0.15) is 12.1 Å². The number of para-hydroxylation sites is 2. The molecule has 6 nitrogen and oxygen atoms in total. The van der Waals surface area contributed by atoms with E-state index in [1.165, 1.54) is 12.8 Å². The van der Waals surface area contributed by atoms with Crippen LogP contribution in [0.3, 0.4) is 0 Å². The number of aromatic nitrogens is 2. The third-order valence-corrected chi connectivity index (χ3v) is 5.77. The number of benzene rings is 2. The van der Waals surface area contributed by atoms with Gasteiger partial charge in [-0.15, -0.1) is 0 Å². The van der Waals surface area contributed by atoms with Crippen molar-refractivity contribution in [1.82, 2.24) is 19.8 Å². The van der Waals surface area contributed by atoms with E-state index in [0.29, 0.717) is 12.1 Å². The first-order valence-corrected chi connectivity index (χ1v) is 10.4. The van der Waals surface area contributed by atoms with Crippen LogP contribution in [0.25, 0.3) is 16.7 Å². The number of amides is 1. The molecule has 0 bridgehead atoms. The molecule has 6 heteroatoms. The molecule has 1 aliphatic rings. The van der Waals surface area contributed by atoms with Gasteiger partial charge in [0.15, 0.2) is 0 Å². The summed E-state index contributed by atoms with van der Waals surface area (Å²) in [5.74, 6) is 0.826. The second-order valence-corrected chi connectivity index (χ2v) is 7.63. The van der Waals surface area contributed by atoms with E-state index < -0.39 is 0 Å². The van der Waals surface area contributed by atoms with Crippen LogP contribution < -0.4 is 5.32 Å². The van der Waals surface area contributed by atoms with Crippen LogP contribution in [-0.2, 0) is 0 Å². The third kappa shape index (κ3) is 3.62. The van der Waals surface area contributed by atoms with Gasteiger partial charge in [-0.2, -0.15) is 0 Å². The van der Waals surface area contributed by atoms with Crippen LogP contribution in [0.4, 0.5) is 0 Å². The first-order valence-electron chi connectivity index (χ1n) is 10.4. The van der Waals surface area contributed by atoms with Gasteiger partial charge in [-0.05, 0) is 74.5 Å². The van der Waals surface area contributed by atoms with Crippen LogP contribution in [0.1, 0.15) is 35.0 Å². The van der Waals surface area contributed by atoms with Crippen molar-refractivity contribution in [3.63, 3.8) is 0 Å². The molecule has 1 N–H and O–H groups in total. The molecule has 1 aliphatic heterocycles. The molecule has 3 heterocycles. The lowest BCUT2D eigenvalue weighted by molar-refractivity contribution is 0.0934. The number of furan rings is 1. The van der Waals surface area contributed by atoms with E-state index in [4.69, 9.17) is 4.42 Å². The van der Waals surface area contributed by atoms with E-state index in [-0.39, 0.29) is 11.9 Å². The van der Waals surface area contributed by atoms with E-state index in [0.717, 1.165) is 35.6 Å². The fourth-order valence-corrected chi connectivity index (χ4v) is 4.17. The lowest BCUT2D eigenvalue weighted by Crippen LogP contribution is -2.36. The van der Waals surface area contributed by atoms with Crippen molar-refractivity contribution in [3.05, 3.63) is 84.6 Å². The molecule has 2 aromatic carbocycles. The van der Waals surface area contributed by atoms with Crippen molar-refractivity contribution in [2.24, 2.45) is 0 Å². The highest BCUT2D eigenvalue weighted by atomic mass is 16.3. The van der Waals surface area contributed by atoms with Crippen molar-refractivity contribution < 1.29 is 9.21 Å². The fraction of sp³-hybridized carbons (Fsp3) is 0.250. The summed E-state index contributed by atoms with van der Waals surface area (Å²) < 4.78 is 7.66.